The summed E-state index contributed by atoms with van der Waals surface area (Å²) in [7, 11) is 0. The van der Waals surface area contributed by atoms with Crippen LogP contribution in [0.1, 0.15) is 41.0 Å². The molecule has 0 spiro atoms. The Balaban J connectivity index is 1.27. The van der Waals surface area contributed by atoms with Gasteiger partial charge in [-0.3, -0.25) is 24.1 Å². The molecule has 6 atom stereocenters. The maximum Gasteiger partial charge on any atom is 0.233 e. The van der Waals surface area contributed by atoms with Crippen molar-refractivity contribution < 1.29 is 29.4 Å². The van der Waals surface area contributed by atoms with Crippen LogP contribution in [-0.2, 0) is 31.0 Å². The molecule has 4 aliphatic rings. The normalized spacial score (nSPS) is 27.6. The van der Waals surface area contributed by atoms with Crippen molar-refractivity contribution in [2.75, 3.05) is 6.54 Å². The van der Waals surface area contributed by atoms with Gasteiger partial charge in [0, 0.05) is 24.0 Å². The van der Waals surface area contributed by atoms with Crippen molar-refractivity contribution in [3.8, 4) is 11.5 Å². The number of likely N-dealkylation sites (tertiary alicyclic amines) is 1. The molecule has 244 valence electrons. The Labute approximate surface area is 284 Å². The Morgan fingerprint density at radius 1 is 0.735 bits per heavy atom. The molecule has 1 saturated heterocycles. The minimum Gasteiger partial charge on any atom is -0.508 e. The van der Waals surface area contributed by atoms with Gasteiger partial charge in [0.2, 0.25) is 11.8 Å². The predicted molar refractivity (Wildman–Crippen MR) is 183 cm³/mol. The average Bonchev–Trinajstić information content (AvgIpc) is 3.37. The monoisotopic (exact) mass is 649 g/mol. The van der Waals surface area contributed by atoms with Crippen LogP contribution in [0.2, 0.25) is 0 Å². The van der Waals surface area contributed by atoms with Gasteiger partial charge >= 0.3 is 0 Å². The van der Waals surface area contributed by atoms with Gasteiger partial charge in [0.25, 0.3) is 0 Å². The van der Waals surface area contributed by atoms with Gasteiger partial charge in [-0.15, -0.1) is 0 Å². The smallest absolute Gasteiger partial charge is 0.233 e. The summed E-state index contributed by atoms with van der Waals surface area (Å²) in [5, 5.41) is 20.4. The van der Waals surface area contributed by atoms with Crippen LogP contribution in [0.25, 0.3) is 5.57 Å². The number of phenols is 2. The van der Waals surface area contributed by atoms with Crippen molar-refractivity contribution >= 4 is 29.0 Å². The lowest BCUT2D eigenvalue weighted by molar-refractivity contribution is -0.140. The van der Waals surface area contributed by atoms with Crippen LogP contribution in [0.4, 0.5) is 0 Å². The topological polar surface area (TPSA) is 112 Å². The molecule has 49 heavy (non-hydrogen) atoms. The second kappa shape index (κ2) is 11.8. The molecular weight excluding hydrogens is 614 g/mol. The van der Waals surface area contributed by atoms with E-state index in [-0.39, 0.29) is 47.8 Å². The molecule has 4 aromatic rings. The lowest BCUT2D eigenvalue weighted by Crippen LogP contribution is -2.58. The second-order valence-corrected chi connectivity index (χ2v) is 13.6. The second-order valence-electron chi connectivity index (χ2n) is 13.6. The summed E-state index contributed by atoms with van der Waals surface area (Å²) in [6, 6.07) is 32.2. The Kier molecular flexibility index (Phi) is 7.43. The third-order valence-corrected chi connectivity index (χ3v) is 11.2. The van der Waals surface area contributed by atoms with Crippen LogP contribution in [0.15, 0.2) is 127 Å². The van der Waals surface area contributed by atoms with Crippen molar-refractivity contribution in [3.63, 3.8) is 0 Å². The molecule has 1 aliphatic heterocycles. The van der Waals surface area contributed by atoms with Gasteiger partial charge in [0.05, 0.1) is 17.3 Å². The van der Waals surface area contributed by atoms with Crippen molar-refractivity contribution in [2.45, 2.75) is 30.6 Å². The lowest BCUT2D eigenvalue weighted by Gasteiger charge is -2.55. The molecule has 0 aromatic heterocycles. The molecule has 7 nitrogen and oxygen atoms in total. The minimum atomic E-state index is -1.33. The van der Waals surface area contributed by atoms with Crippen molar-refractivity contribution in [3.05, 3.63) is 149 Å². The van der Waals surface area contributed by atoms with Crippen LogP contribution < -0.4 is 0 Å². The van der Waals surface area contributed by atoms with E-state index in [2.05, 4.69) is 0 Å². The minimum absolute atomic E-state index is 0.0382. The number of rotatable bonds is 6. The number of hydrogen-bond donors (Lipinski definition) is 2. The summed E-state index contributed by atoms with van der Waals surface area (Å²) in [6.07, 6.45) is 4.56. The van der Waals surface area contributed by atoms with Gasteiger partial charge in [-0.25, -0.2) is 0 Å². The molecule has 4 aromatic carbocycles. The molecule has 1 saturated carbocycles. The predicted octanol–water partition coefficient (Wildman–Crippen LogP) is 6.16. The number of ketones is 2. The summed E-state index contributed by atoms with van der Waals surface area (Å²) >= 11 is 0. The summed E-state index contributed by atoms with van der Waals surface area (Å²) < 4.78 is 0. The summed E-state index contributed by atoms with van der Waals surface area (Å²) in [5.41, 5.74) is 2.83. The number of hydrogen-bond acceptors (Lipinski definition) is 6. The standard InChI is InChI=1S/C42H35NO6/c44-29-16-14-25(15-17-29)20-21-43-40(48)32-19-18-31-34(37(32)41(43)49)23-35-39(47)33(26-8-3-1-4-9-26)24-36(46)42(35,28-11-5-2-6-12-28)38(31)27-10-7-13-30(45)22-27/h1-18,22,24,32,34-35,37-38,44-45H,19-21,23H2. The van der Waals surface area contributed by atoms with Gasteiger partial charge in [-0.1, -0.05) is 96.6 Å². The number of allylic oxidation sites excluding steroid dienone is 4. The van der Waals surface area contributed by atoms with Gasteiger partial charge in [0.1, 0.15) is 11.5 Å². The fourth-order valence-corrected chi connectivity index (χ4v) is 9.14. The number of carbonyl (C=O) groups excluding carboxylic acids is 4. The number of nitrogens with zero attached hydrogens (tertiary/aromatic N) is 1. The van der Waals surface area contributed by atoms with E-state index in [1.54, 1.807) is 42.5 Å². The van der Waals surface area contributed by atoms with Crippen LogP contribution in [-0.4, -0.2) is 45.0 Å². The maximum absolute atomic E-state index is 15.0. The number of Topliss-reactive ketones (excluding diaryl/α,β-unsaturated/α-hetero) is 1. The molecule has 2 fully saturated rings. The SMILES string of the molecule is O=C1C(c2ccccc2)=CC(=O)C2(c3ccccc3)C1CC1C(=CCC3C(=O)N(CCc4ccc(O)cc4)C(=O)C31)C2c1cccc(O)c1. The highest BCUT2D eigenvalue weighted by Gasteiger charge is 2.65. The first-order valence-corrected chi connectivity index (χ1v) is 16.8. The Hall–Kier alpha value is -5.56. The molecule has 7 heteroatoms. The van der Waals surface area contributed by atoms with Crippen LogP contribution >= 0.6 is 0 Å². The molecule has 3 aliphatic carbocycles. The Bertz CT molecular complexity index is 2050. The zero-order valence-corrected chi connectivity index (χ0v) is 26.7. The molecular formula is C42H35NO6. The van der Waals surface area contributed by atoms with E-state index < -0.39 is 35.0 Å². The summed E-state index contributed by atoms with van der Waals surface area (Å²) in [6.45, 7) is 0.211. The molecule has 2 N–H and O–H groups in total. The molecule has 8 rings (SSSR count). The van der Waals surface area contributed by atoms with E-state index in [1.165, 1.54) is 11.0 Å². The number of fused-ring (bicyclic) bond motifs is 4. The van der Waals surface area contributed by atoms with Gasteiger partial charge in [0.15, 0.2) is 11.6 Å². The van der Waals surface area contributed by atoms with Crippen molar-refractivity contribution in [1.82, 2.24) is 4.90 Å². The third-order valence-electron chi connectivity index (χ3n) is 11.2. The number of amides is 2. The van der Waals surface area contributed by atoms with E-state index in [1.807, 2.05) is 72.8 Å². The molecule has 2 amide bonds. The highest BCUT2D eigenvalue weighted by atomic mass is 16.3. The largest absolute Gasteiger partial charge is 0.508 e. The number of benzene rings is 4. The molecule has 1 heterocycles. The van der Waals surface area contributed by atoms with Gasteiger partial charge < -0.3 is 10.2 Å². The first-order valence-electron chi connectivity index (χ1n) is 16.8. The van der Waals surface area contributed by atoms with E-state index in [4.69, 9.17) is 0 Å². The number of aromatic hydroxyl groups is 2. The van der Waals surface area contributed by atoms with Crippen molar-refractivity contribution in [2.24, 2.45) is 23.7 Å². The van der Waals surface area contributed by atoms with Crippen LogP contribution in [0, 0.1) is 23.7 Å². The van der Waals surface area contributed by atoms with Crippen LogP contribution in [0.5, 0.6) is 11.5 Å². The average molecular weight is 650 g/mol. The number of carbonyl (C=O) groups is 4. The van der Waals surface area contributed by atoms with Crippen molar-refractivity contribution in [1.29, 1.82) is 0 Å². The highest BCUT2D eigenvalue weighted by molar-refractivity contribution is 6.31. The van der Waals surface area contributed by atoms with Gasteiger partial charge in [-0.05, 0) is 77.8 Å². The molecule has 0 radical (unpaired) electrons. The summed E-state index contributed by atoms with van der Waals surface area (Å²) in [5.74, 6) is -3.82. The fourth-order valence-electron chi connectivity index (χ4n) is 9.14. The first kappa shape index (κ1) is 30.8. The van der Waals surface area contributed by atoms with E-state index in [0.717, 1.165) is 11.1 Å². The summed E-state index contributed by atoms with van der Waals surface area (Å²) in [4.78, 5) is 59.5. The van der Waals surface area contributed by atoms with E-state index in [9.17, 15) is 29.4 Å². The maximum atomic E-state index is 15.0. The third kappa shape index (κ3) is 4.78. The first-order chi connectivity index (χ1) is 23.8. The van der Waals surface area contributed by atoms with Crippen LogP contribution in [0.3, 0.4) is 0 Å². The van der Waals surface area contributed by atoms with E-state index >= 15 is 0 Å². The van der Waals surface area contributed by atoms with E-state index in [0.29, 0.717) is 35.1 Å². The quantitative estimate of drug-likeness (QED) is 0.191. The molecule has 0 bridgehead atoms. The number of imide groups is 1. The molecule has 6 unspecified atom stereocenters. The lowest BCUT2D eigenvalue weighted by atomic mass is 9.44. The zero-order chi connectivity index (χ0) is 33.9. The fraction of sp³-hybridized carbons (Fsp3) is 0.238. The zero-order valence-electron chi connectivity index (χ0n) is 26.7. The van der Waals surface area contributed by atoms with Gasteiger partial charge in [-0.2, -0.15) is 0 Å². The highest BCUT2D eigenvalue weighted by Crippen LogP contribution is 2.63. The number of phenolic OH excluding ortho intramolecular Hbond substituents is 2. The Morgan fingerprint density at radius 3 is 2.16 bits per heavy atom. The Morgan fingerprint density at radius 2 is 1.45 bits per heavy atom.